The van der Waals surface area contributed by atoms with Gasteiger partial charge in [-0.15, -0.1) is 24.0 Å². The zero-order valence-electron chi connectivity index (χ0n) is 16.9. The van der Waals surface area contributed by atoms with Crippen LogP contribution in [0.25, 0.3) is 0 Å². The van der Waals surface area contributed by atoms with Crippen molar-refractivity contribution in [2.45, 2.75) is 45.4 Å². The van der Waals surface area contributed by atoms with Crippen molar-refractivity contribution >= 4 is 40.0 Å². The van der Waals surface area contributed by atoms with Crippen LogP contribution < -0.4 is 15.4 Å². The first kappa shape index (κ1) is 24.9. The maximum absolute atomic E-state index is 12.0. The third-order valence-electron chi connectivity index (χ3n) is 5.52. The number of likely N-dealkylation sites (tertiary alicyclic amines) is 1. The molecule has 0 radical (unpaired) electrons. The molecule has 0 aromatic rings. The fourth-order valence-electron chi connectivity index (χ4n) is 3.33. The van der Waals surface area contributed by atoms with Crippen LogP contribution in [0.4, 0.5) is 0 Å². The normalized spacial score (nSPS) is 20.0. The van der Waals surface area contributed by atoms with Crippen LogP contribution in [0.2, 0.25) is 0 Å². The zero-order valence-corrected chi connectivity index (χ0v) is 20.0. The van der Waals surface area contributed by atoms with E-state index in [1.165, 1.54) is 32.4 Å². The minimum absolute atomic E-state index is 0. The van der Waals surface area contributed by atoms with E-state index in [4.69, 9.17) is 0 Å². The third kappa shape index (κ3) is 10.3. The van der Waals surface area contributed by atoms with Crippen molar-refractivity contribution in [1.82, 2.24) is 20.3 Å². The molecule has 1 saturated heterocycles. The molecule has 27 heavy (non-hydrogen) atoms. The zero-order chi connectivity index (χ0) is 18.8. The molecular formula is C18H38IN5O2S. The van der Waals surface area contributed by atoms with Gasteiger partial charge in [0, 0.05) is 26.7 Å². The summed E-state index contributed by atoms with van der Waals surface area (Å²) in [5.74, 6) is 2.15. The number of hydrogen-bond acceptors (Lipinski definition) is 4. The van der Waals surface area contributed by atoms with Gasteiger partial charge in [0.15, 0.2) is 5.96 Å². The van der Waals surface area contributed by atoms with Crippen molar-refractivity contribution in [2.24, 2.45) is 16.8 Å². The van der Waals surface area contributed by atoms with Crippen LogP contribution >= 0.6 is 24.0 Å². The number of nitrogens with one attached hydrogen (secondary N) is 3. The lowest BCUT2D eigenvalue weighted by Crippen LogP contribution is -2.43. The molecule has 0 atom stereocenters. The van der Waals surface area contributed by atoms with Gasteiger partial charge in [-0.05, 0) is 63.6 Å². The number of sulfonamides is 1. The van der Waals surface area contributed by atoms with Gasteiger partial charge in [-0.3, -0.25) is 4.99 Å². The second-order valence-electron chi connectivity index (χ2n) is 7.77. The first-order valence-corrected chi connectivity index (χ1v) is 11.8. The molecule has 0 aromatic carbocycles. The third-order valence-corrected chi connectivity index (χ3v) is 6.87. The molecule has 1 aliphatic heterocycles. The molecule has 0 unspecified atom stereocenters. The highest BCUT2D eigenvalue weighted by atomic mass is 127. The molecule has 2 fully saturated rings. The summed E-state index contributed by atoms with van der Waals surface area (Å²) in [5.41, 5.74) is 0. The number of nitrogens with zero attached hydrogens (tertiary/aromatic N) is 2. The van der Waals surface area contributed by atoms with E-state index in [0.29, 0.717) is 25.0 Å². The molecular weight excluding hydrogens is 477 g/mol. The number of rotatable bonds is 10. The average Bonchev–Trinajstić information content (AvgIpc) is 2.57. The summed E-state index contributed by atoms with van der Waals surface area (Å²) in [4.78, 5) is 6.69. The van der Waals surface area contributed by atoms with Gasteiger partial charge in [-0.25, -0.2) is 13.1 Å². The standard InChI is InChI=1S/C18H37N5O2S.HI/c1-16-7-12-23(13-8-16)11-4-9-20-18(19-2)21-10-14-26(24,25)22-15-17-5-3-6-17;/h16-17,22H,3-15H2,1-2H3,(H2,19,20,21);1H. The Balaban J connectivity index is 0.00000364. The molecule has 0 spiro atoms. The maximum atomic E-state index is 12.0. The molecule has 1 aliphatic carbocycles. The Morgan fingerprint density at radius 2 is 1.78 bits per heavy atom. The van der Waals surface area contributed by atoms with E-state index in [9.17, 15) is 8.42 Å². The van der Waals surface area contributed by atoms with E-state index < -0.39 is 10.0 Å². The van der Waals surface area contributed by atoms with Gasteiger partial charge in [0.1, 0.15) is 0 Å². The van der Waals surface area contributed by atoms with E-state index in [0.717, 1.165) is 38.3 Å². The predicted molar refractivity (Wildman–Crippen MR) is 123 cm³/mol. The van der Waals surface area contributed by atoms with Crippen molar-refractivity contribution in [3.63, 3.8) is 0 Å². The van der Waals surface area contributed by atoms with Crippen LogP contribution in [0.3, 0.4) is 0 Å². The van der Waals surface area contributed by atoms with Crippen LogP contribution in [0.5, 0.6) is 0 Å². The van der Waals surface area contributed by atoms with Crippen LogP contribution in [0.15, 0.2) is 4.99 Å². The van der Waals surface area contributed by atoms with Crippen molar-refractivity contribution in [1.29, 1.82) is 0 Å². The molecule has 160 valence electrons. The summed E-state index contributed by atoms with van der Waals surface area (Å²) in [6.45, 7) is 7.65. The average molecular weight is 516 g/mol. The Bertz CT molecular complexity index is 532. The predicted octanol–water partition coefficient (Wildman–Crippen LogP) is 1.61. The fourth-order valence-corrected chi connectivity index (χ4v) is 4.34. The number of aliphatic imine (C=N–C) groups is 1. The minimum atomic E-state index is -3.20. The van der Waals surface area contributed by atoms with E-state index >= 15 is 0 Å². The van der Waals surface area contributed by atoms with Crippen molar-refractivity contribution in [2.75, 3.05) is 52.1 Å². The minimum Gasteiger partial charge on any atom is -0.356 e. The maximum Gasteiger partial charge on any atom is 0.213 e. The molecule has 0 bridgehead atoms. The van der Waals surface area contributed by atoms with Crippen LogP contribution in [0, 0.1) is 11.8 Å². The molecule has 1 heterocycles. The van der Waals surface area contributed by atoms with Crippen molar-refractivity contribution < 1.29 is 8.42 Å². The molecule has 1 saturated carbocycles. The molecule has 0 amide bonds. The Hall–Kier alpha value is -0.130. The van der Waals surface area contributed by atoms with Gasteiger partial charge in [0.05, 0.1) is 5.75 Å². The molecule has 2 aliphatic rings. The van der Waals surface area contributed by atoms with E-state index in [2.05, 4.69) is 32.2 Å². The lowest BCUT2D eigenvalue weighted by atomic mass is 9.86. The summed E-state index contributed by atoms with van der Waals surface area (Å²) in [6, 6.07) is 0. The summed E-state index contributed by atoms with van der Waals surface area (Å²) in [6.07, 6.45) is 7.20. The Labute approximate surface area is 182 Å². The van der Waals surface area contributed by atoms with Gasteiger partial charge < -0.3 is 15.5 Å². The van der Waals surface area contributed by atoms with Gasteiger partial charge in [-0.2, -0.15) is 0 Å². The van der Waals surface area contributed by atoms with Crippen LogP contribution in [-0.4, -0.2) is 71.3 Å². The second kappa shape index (κ2) is 13.2. The lowest BCUT2D eigenvalue weighted by molar-refractivity contribution is 0.191. The number of hydrogen-bond donors (Lipinski definition) is 3. The Morgan fingerprint density at radius 1 is 1.11 bits per heavy atom. The van der Waals surface area contributed by atoms with Gasteiger partial charge in [-0.1, -0.05) is 13.3 Å². The van der Waals surface area contributed by atoms with E-state index in [1.54, 1.807) is 7.05 Å². The molecule has 0 aromatic heterocycles. The van der Waals surface area contributed by atoms with E-state index in [-0.39, 0.29) is 29.7 Å². The van der Waals surface area contributed by atoms with Gasteiger partial charge in [0.2, 0.25) is 10.0 Å². The molecule has 3 N–H and O–H groups in total. The number of halogens is 1. The SMILES string of the molecule is CN=C(NCCCN1CCC(C)CC1)NCCS(=O)(=O)NCC1CCC1.I. The molecule has 2 rings (SSSR count). The second-order valence-corrected chi connectivity index (χ2v) is 9.69. The topological polar surface area (TPSA) is 85.8 Å². The van der Waals surface area contributed by atoms with Crippen molar-refractivity contribution in [3.8, 4) is 0 Å². The Morgan fingerprint density at radius 3 is 2.37 bits per heavy atom. The summed E-state index contributed by atoms with van der Waals surface area (Å²) >= 11 is 0. The number of piperidine rings is 1. The largest absolute Gasteiger partial charge is 0.356 e. The first-order valence-electron chi connectivity index (χ1n) is 10.1. The Kier molecular flexibility index (Phi) is 12.1. The van der Waals surface area contributed by atoms with Gasteiger partial charge >= 0.3 is 0 Å². The molecule has 7 nitrogen and oxygen atoms in total. The lowest BCUT2D eigenvalue weighted by Gasteiger charge is -2.30. The first-order chi connectivity index (χ1) is 12.5. The van der Waals surface area contributed by atoms with Gasteiger partial charge in [0.25, 0.3) is 0 Å². The highest BCUT2D eigenvalue weighted by Gasteiger charge is 2.20. The highest BCUT2D eigenvalue weighted by molar-refractivity contribution is 14.0. The monoisotopic (exact) mass is 515 g/mol. The number of guanidine groups is 1. The highest BCUT2D eigenvalue weighted by Crippen LogP contribution is 2.25. The van der Waals surface area contributed by atoms with E-state index in [1.807, 2.05) is 0 Å². The quantitative estimate of drug-likeness (QED) is 0.178. The summed E-state index contributed by atoms with van der Waals surface area (Å²) < 4.78 is 26.7. The smallest absolute Gasteiger partial charge is 0.213 e. The summed E-state index contributed by atoms with van der Waals surface area (Å²) in [7, 11) is -1.49. The van der Waals surface area contributed by atoms with Crippen LogP contribution in [0.1, 0.15) is 45.4 Å². The fraction of sp³-hybridized carbons (Fsp3) is 0.944. The van der Waals surface area contributed by atoms with Crippen LogP contribution in [-0.2, 0) is 10.0 Å². The van der Waals surface area contributed by atoms with Crippen molar-refractivity contribution in [3.05, 3.63) is 0 Å². The molecule has 9 heteroatoms. The summed E-state index contributed by atoms with van der Waals surface area (Å²) in [5, 5.41) is 6.36.